The van der Waals surface area contributed by atoms with Gasteiger partial charge in [-0.3, -0.25) is 0 Å². The molecule has 0 bridgehead atoms. The van der Waals surface area contributed by atoms with Crippen LogP contribution in [0.15, 0.2) is 24.3 Å². The summed E-state index contributed by atoms with van der Waals surface area (Å²) in [5.74, 6) is 0.956. The van der Waals surface area contributed by atoms with Crippen LogP contribution in [0.2, 0.25) is 0 Å². The van der Waals surface area contributed by atoms with Gasteiger partial charge in [0, 0.05) is 25.6 Å². The van der Waals surface area contributed by atoms with E-state index in [0.29, 0.717) is 5.41 Å². The third kappa shape index (κ3) is 2.61. The van der Waals surface area contributed by atoms with Crippen LogP contribution in [0.3, 0.4) is 0 Å². The molecule has 0 amide bonds. The molecule has 2 rings (SSSR count). The van der Waals surface area contributed by atoms with Gasteiger partial charge in [-0.1, -0.05) is 19.1 Å². The quantitative estimate of drug-likeness (QED) is 0.866. The number of benzene rings is 1. The van der Waals surface area contributed by atoms with Gasteiger partial charge < -0.3 is 15.0 Å². The van der Waals surface area contributed by atoms with Crippen molar-refractivity contribution >= 4 is 5.69 Å². The van der Waals surface area contributed by atoms with Gasteiger partial charge in [0.05, 0.1) is 12.8 Å². The van der Waals surface area contributed by atoms with E-state index in [1.165, 1.54) is 18.5 Å². The van der Waals surface area contributed by atoms with Crippen LogP contribution in [0, 0.1) is 5.41 Å². The molecule has 1 aliphatic heterocycles. The lowest BCUT2D eigenvalue weighted by atomic mass is 9.83. The van der Waals surface area contributed by atoms with E-state index in [2.05, 4.69) is 36.3 Å². The molecule has 1 N–H and O–H groups in total. The molecule has 0 aliphatic carbocycles. The standard InChI is InChI=1S/C15H24N2O/c1-4-15(9-10-16-11-15)12-17(2)13-7-5-6-8-14(13)18-3/h5-8,16H,4,9-12H2,1-3H3. The van der Waals surface area contributed by atoms with Crippen molar-refractivity contribution in [3.05, 3.63) is 24.3 Å². The smallest absolute Gasteiger partial charge is 0.142 e. The summed E-state index contributed by atoms with van der Waals surface area (Å²) in [7, 11) is 3.90. The van der Waals surface area contributed by atoms with Crippen molar-refractivity contribution < 1.29 is 4.74 Å². The van der Waals surface area contributed by atoms with Gasteiger partial charge in [-0.2, -0.15) is 0 Å². The summed E-state index contributed by atoms with van der Waals surface area (Å²) >= 11 is 0. The monoisotopic (exact) mass is 248 g/mol. The molecule has 1 aromatic rings. The molecular weight excluding hydrogens is 224 g/mol. The first-order valence-electron chi connectivity index (χ1n) is 6.76. The lowest BCUT2D eigenvalue weighted by Gasteiger charge is -2.33. The minimum atomic E-state index is 0.412. The van der Waals surface area contributed by atoms with Crippen LogP contribution in [0.1, 0.15) is 19.8 Å². The molecule has 0 saturated carbocycles. The molecule has 1 atom stereocenters. The summed E-state index contributed by atoms with van der Waals surface area (Å²) in [5.41, 5.74) is 1.59. The van der Waals surface area contributed by atoms with E-state index in [4.69, 9.17) is 4.74 Å². The number of ether oxygens (including phenoxy) is 1. The largest absolute Gasteiger partial charge is 0.495 e. The molecule has 0 radical (unpaired) electrons. The fraction of sp³-hybridized carbons (Fsp3) is 0.600. The normalized spacial score (nSPS) is 23.1. The Labute approximate surface area is 110 Å². The highest BCUT2D eigenvalue weighted by Crippen LogP contribution is 2.34. The Bertz CT molecular complexity index is 386. The molecular formula is C15H24N2O. The zero-order valence-corrected chi connectivity index (χ0v) is 11.7. The van der Waals surface area contributed by atoms with Crippen molar-refractivity contribution in [3.8, 4) is 5.75 Å². The van der Waals surface area contributed by atoms with Crippen molar-refractivity contribution in [1.82, 2.24) is 5.32 Å². The molecule has 18 heavy (non-hydrogen) atoms. The first-order valence-corrected chi connectivity index (χ1v) is 6.76. The van der Waals surface area contributed by atoms with E-state index in [9.17, 15) is 0 Å². The summed E-state index contributed by atoms with van der Waals surface area (Å²) in [6, 6.07) is 8.24. The van der Waals surface area contributed by atoms with Gasteiger partial charge >= 0.3 is 0 Å². The van der Waals surface area contributed by atoms with Gasteiger partial charge in [0.1, 0.15) is 5.75 Å². The Morgan fingerprint density at radius 3 is 2.78 bits per heavy atom. The first-order chi connectivity index (χ1) is 8.71. The van der Waals surface area contributed by atoms with E-state index < -0.39 is 0 Å². The maximum absolute atomic E-state index is 5.44. The molecule has 1 heterocycles. The topological polar surface area (TPSA) is 24.5 Å². The van der Waals surface area contributed by atoms with Crippen LogP contribution in [-0.4, -0.2) is 33.8 Å². The van der Waals surface area contributed by atoms with Crippen LogP contribution in [0.4, 0.5) is 5.69 Å². The number of hydrogen-bond acceptors (Lipinski definition) is 3. The minimum absolute atomic E-state index is 0.412. The number of nitrogens with one attached hydrogen (secondary N) is 1. The Hall–Kier alpha value is -1.22. The highest BCUT2D eigenvalue weighted by Gasteiger charge is 2.33. The number of anilines is 1. The fourth-order valence-corrected chi connectivity index (χ4v) is 2.88. The molecule has 3 nitrogen and oxygen atoms in total. The summed E-state index contributed by atoms with van der Waals surface area (Å²) in [6.07, 6.45) is 2.49. The van der Waals surface area contributed by atoms with Crippen molar-refractivity contribution in [2.75, 3.05) is 38.7 Å². The highest BCUT2D eigenvalue weighted by atomic mass is 16.5. The first kappa shape index (κ1) is 13.2. The second-order valence-corrected chi connectivity index (χ2v) is 5.31. The number of methoxy groups -OCH3 is 1. The predicted octanol–water partition coefficient (Wildman–Crippen LogP) is 2.52. The SMILES string of the molecule is CCC1(CN(C)c2ccccc2OC)CCNC1. The van der Waals surface area contributed by atoms with E-state index in [1.807, 2.05) is 12.1 Å². The minimum Gasteiger partial charge on any atom is -0.495 e. The molecule has 0 spiro atoms. The lowest BCUT2D eigenvalue weighted by molar-refractivity contribution is 0.315. The Balaban J connectivity index is 2.13. The second kappa shape index (κ2) is 5.61. The zero-order chi connectivity index (χ0) is 13.0. The van der Waals surface area contributed by atoms with E-state index in [0.717, 1.165) is 25.4 Å². The molecule has 1 aromatic carbocycles. The molecule has 1 aliphatic rings. The second-order valence-electron chi connectivity index (χ2n) is 5.31. The van der Waals surface area contributed by atoms with Crippen LogP contribution < -0.4 is 15.0 Å². The number of rotatable bonds is 5. The van der Waals surface area contributed by atoms with E-state index >= 15 is 0 Å². The maximum atomic E-state index is 5.44. The van der Waals surface area contributed by atoms with Gasteiger partial charge in [-0.25, -0.2) is 0 Å². The molecule has 1 fully saturated rings. The predicted molar refractivity (Wildman–Crippen MR) is 76.5 cm³/mol. The Kier molecular flexibility index (Phi) is 4.12. The summed E-state index contributed by atoms with van der Waals surface area (Å²) < 4.78 is 5.44. The highest BCUT2D eigenvalue weighted by molar-refractivity contribution is 5.58. The number of hydrogen-bond donors (Lipinski definition) is 1. The average Bonchev–Trinajstić information content (AvgIpc) is 2.87. The molecule has 3 heteroatoms. The summed E-state index contributed by atoms with van der Waals surface area (Å²) in [5, 5.41) is 3.49. The number of nitrogens with zero attached hydrogens (tertiary/aromatic N) is 1. The molecule has 0 aromatic heterocycles. The summed E-state index contributed by atoms with van der Waals surface area (Å²) in [4.78, 5) is 2.33. The van der Waals surface area contributed by atoms with Crippen molar-refractivity contribution in [1.29, 1.82) is 0 Å². The molecule has 1 unspecified atom stereocenters. The van der Waals surface area contributed by atoms with Crippen LogP contribution in [0.5, 0.6) is 5.75 Å². The van der Waals surface area contributed by atoms with Crippen molar-refractivity contribution in [3.63, 3.8) is 0 Å². The molecule has 1 saturated heterocycles. The maximum Gasteiger partial charge on any atom is 0.142 e. The van der Waals surface area contributed by atoms with Crippen molar-refractivity contribution in [2.45, 2.75) is 19.8 Å². The Morgan fingerprint density at radius 2 is 2.17 bits per heavy atom. The van der Waals surface area contributed by atoms with Gasteiger partial charge in [0.15, 0.2) is 0 Å². The van der Waals surface area contributed by atoms with Crippen molar-refractivity contribution in [2.24, 2.45) is 5.41 Å². The van der Waals surface area contributed by atoms with Gasteiger partial charge in [-0.15, -0.1) is 0 Å². The average molecular weight is 248 g/mol. The third-order valence-corrected chi connectivity index (χ3v) is 4.15. The fourth-order valence-electron chi connectivity index (χ4n) is 2.88. The third-order valence-electron chi connectivity index (χ3n) is 4.15. The van der Waals surface area contributed by atoms with E-state index in [1.54, 1.807) is 7.11 Å². The zero-order valence-electron chi connectivity index (χ0n) is 11.7. The van der Waals surface area contributed by atoms with Crippen LogP contribution >= 0.6 is 0 Å². The summed E-state index contributed by atoms with van der Waals surface area (Å²) in [6.45, 7) is 5.65. The van der Waals surface area contributed by atoms with Gasteiger partial charge in [0.25, 0.3) is 0 Å². The van der Waals surface area contributed by atoms with Gasteiger partial charge in [-0.05, 0) is 31.5 Å². The lowest BCUT2D eigenvalue weighted by Crippen LogP contribution is -2.37. The van der Waals surface area contributed by atoms with Crippen LogP contribution in [0.25, 0.3) is 0 Å². The van der Waals surface area contributed by atoms with Crippen LogP contribution in [-0.2, 0) is 0 Å². The number of para-hydroxylation sites is 2. The molecule has 100 valence electrons. The van der Waals surface area contributed by atoms with E-state index in [-0.39, 0.29) is 0 Å². The Morgan fingerprint density at radius 1 is 1.39 bits per heavy atom. The van der Waals surface area contributed by atoms with Gasteiger partial charge in [0.2, 0.25) is 0 Å².